The van der Waals surface area contributed by atoms with Crippen molar-refractivity contribution in [1.29, 1.82) is 0 Å². The fourth-order valence-corrected chi connectivity index (χ4v) is 4.97. The van der Waals surface area contributed by atoms with Crippen molar-refractivity contribution >= 4 is 39.1 Å². The third kappa shape index (κ3) is 3.28. The summed E-state index contributed by atoms with van der Waals surface area (Å²) in [6.07, 6.45) is 3.53. The van der Waals surface area contributed by atoms with E-state index in [1.54, 1.807) is 12.3 Å². The molecule has 2 aliphatic heterocycles. The third-order valence-electron chi connectivity index (χ3n) is 5.20. The van der Waals surface area contributed by atoms with Gasteiger partial charge in [-0.05, 0) is 30.0 Å². The first-order valence-corrected chi connectivity index (χ1v) is 10.7. The molecule has 1 aromatic carbocycles. The Morgan fingerprint density at radius 1 is 1.46 bits per heavy atom. The van der Waals surface area contributed by atoms with E-state index in [9.17, 15) is 9.18 Å². The summed E-state index contributed by atoms with van der Waals surface area (Å²) < 4.78 is 19.3. The second kappa shape index (κ2) is 7.75. The van der Waals surface area contributed by atoms with Crippen LogP contribution >= 0.6 is 27.3 Å². The summed E-state index contributed by atoms with van der Waals surface area (Å²) >= 11 is 4.95. The Balaban J connectivity index is 1.92. The first-order valence-electron chi connectivity index (χ1n) is 9.05. The quantitative estimate of drug-likeness (QED) is 0.616. The molecule has 0 radical (unpaired) electrons. The number of hydrogen-bond donors (Lipinski definition) is 0. The van der Waals surface area contributed by atoms with Gasteiger partial charge in [0.2, 0.25) is 0 Å². The lowest BCUT2D eigenvalue weighted by atomic mass is 9.93. The zero-order valence-electron chi connectivity index (χ0n) is 15.5. The molecule has 2 unspecified atom stereocenters. The summed E-state index contributed by atoms with van der Waals surface area (Å²) in [7, 11) is 1.38. The van der Waals surface area contributed by atoms with Gasteiger partial charge < -0.3 is 9.64 Å². The molecule has 4 rings (SSSR count). The van der Waals surface area contributed by atoms with Crippen LogP contribution in [0.15, 0.2) is 50.5 Å². The number of thiazole rings is 1. The van der Waals surface area contributed by atoms with E-state index in [0.29, 0.717) is 16.0 Å². The number of nitrogens with zero attached hydrogens (tertiary/aromatic N) is 3. The second-order valence-corrected chi connectivity index (χ2v) is 8.55. The Bertz CT molecular complexity index is 974. The van der Waals surface area contributed by atoms with Gasteiger partial charge in [0.15, 0.2) is 10.8 Å². The number of allylic oxidation sites excluding steroid dienone is 1. The number of benzene rings is 1. The average Bonchev–Trinajstić information content (AvgIpc) is 3.36. The first-order chi connectivity index (χ1) is 13.5. The number of rotatable bonds is 4. The lowest BCUT2D eigenvalue weighted by Gasteiger charge is -2.31. The maximum atomic E-state index is 13.7. The monoisotopic (exact) mass is 463 g/mol. The van der Waals surface area contributed by atoms with Crippen molar-refractivity contribution in [3.63, 3.8) is 0 Å². The zero-order valence-corrected chi connectivity index (χ0v) is 17.9. The van der Waals surface area contributed by atoms with E-state index >= 15 is 0 Å². The fourth-order valence-electron chi connectivity index (χ4n) is 3.77. The van der Waals surface area contributed by atoms with E-state index in [4.69, 9.17) is 9.73 Å². The highest BCUT2D eigenvalue weighted by Gasteiger charge is 2.41. The fraction of sp³-hybridized carbons (Fsp3) is 0.350. The Morgan fingerprint density at radius 3 is 2.93 bits per heavy atom. The molecule has 0 saturated carbocycles. The van der Waals surface area contributed by atoms with Crippen molar-refractivity contribution in [3.8, 4) is 0 Å². The van der Waals surface area contributed by atoms with Crippen LogP contribution in [0.2, 0.25) is 0 Å². The van der Waals surface area contributed by atoms with Crippen LogP contribution in [-0.2, 0) is 9.53 Å². The number of methoxy groups -OCH3 is 1. The molecule has 0 aliphatic carbocycles. The van der Waals surface area contributed by atoms with E-state index < -0.39 is 12.0 Å². The minimum Gasteiger partial charge on any atom is -0.466 e. The number of amidine groups is 1. The van der Waals surface area contributed by atoms with Crippen LogP contribution in [0.5, 0.6) is 0 Å². The highest BCUT2D eigenvalue weighted by Crippen LogP contribution is 2.44. The third-order valence-corrected chi connectivity index (χ3v) is 6.66. The molecule has 2 aliphatic rings. The van der Waals surface area contributed by atoms with Gasteiger partial charge in [-0.25, -0.2) is 14.2 Å². The van der Waals surface area contributed by atoms with Gasteiger partial charge in [-0.2, -0.15) is 0 Å². The van der Waals surface area contributed by atoms with Gasteiger partial charge in [0, 0.05) is 28.3 Å². The van der Waals surface area contributed by atoms with E-state index in [-0.39, 0.29) is 5.82 Å². The SMILES string of the molecule is CCC1CC2=C(C(=O)OC)C(c3ccc(F)cc3Br)N=C(c3nccs3)N2C1. The minimum absolute atomic E-state index is 0.351. The zero-order chi connectivity index (χ0) is 19.8. The van der Waals surface area contributed by atoms with Crippen LogP contribution in [0.25, 0.3) is 0 Å². The lowest BCUT2D eigenvalue weighted by molar-refractivity contribution is -0.136. The van der Waals surface area contributed by atoms with Crippen LogP contribution in [0.4, 0.5) is 4.39 Å². The molecule has 146 valence electrons. The molecule has 5 nitrogen and oxygen atoms in total. The number of fused-ring (bicyclic) bond motifs is 1. The van der Waals surface area contributed by atoms with Crippen LogP contribution in [0, 0.1) is 11.7 Å². The smallest absolute Gasteiger partial charge is 0.338 e. The topological polar surface area (TPSA) is 54.8 Å². The largest absolute Gasteiger partial charge is 0.466 e. The normalized spacial score (nSPS) is 21.6. The standard InChI is InChI=1S/C20H19BrFN3O2S/c1-3-11-8-15-16(20(26)27-2)17(13-5-4-12(22)9-14(13)21)24-18(25(15)10-11)19-23-6-7-28-19/h4-7,9,11,17H,3,8,10H2,1-2H3. The van der Waals surface area contributed by atoms with Crippen LogP contribution < -0.4 is 0 Å². The number of aromatic nitrogens is 1. The van der Waals surface area contributed by atoms with Gasteiger partial charge in [-0.1, -0.05) is 35.3 Å². The summed E-state index contributed by atoms with van der Waals surface area (Å²) in [5, 5.41) is 2.72. The van der Waals surface area contributed by atoms with Crippen LogP contribution in [0.1, 0.15) is 36.4 Å². The molecule has 0 N–H and O–H groups in total. The highest BCUT2D eigenvalue weighted by atomic mass is 79.9. The van der Waals surface area contributed by atoms with Crippen molar-refractivity contribution in [3.05, 3.63) is 61.9 Å². The number of carbonyl (C=O) groups excluding carboxylic acids is 1. The molecule has 1 fully saturated rings. The minimum atomic E-state index is -0.580. The van der Waals surface area contributed by atoms with Crippen molar-refractivity contribution in [2.45, 2.75) is 25.8 Å². The number of ether oxygens (including phenoxy) is 1. The molecule has 2 atom stereocenters. The summed E-state index contributed by atoms with van der Waals surface area (Å²) in [4.78, 5) is 24.3. The molecule has 8 heteroatoms. The second-order valence-electron chi connectivity index (χ2n) is 6.80. The average molecular weight is 464 g/mol. The van der Waals surface area contributed by atoms with E-state index in [1.807, 2.05) is 5.38 Å². The van der Waals surface area contributed by atoms with Gasteiger partial charge in [0.25, 0.3) is 0 Å². The van der Waals surface area contributed by atoms with Crippen molar-refractivity contribution in [1.82, 2.24) is 9.88 Å². The number of esters is 1. The summed E-state index contributed by atoms with van der Waals surface area (Å²) in [5.74, 6) is 0.432. The van der Waals surface area contributed by atoms with Crippen molar-refractivity contribution < 1.29 is 13.9 Å². The molecule has 0 amide bonds. The van der Waals surface area contributed by atoms with Crippen molar-refractivity contribution in [2.75, 3.05) is 13.7 Å². The number of hydrogen-bond acceptors (Lipinski definition) is 6. The molecule has 2 aromatic rings. The maximum Gasteiger partial charge on any atom is 0.338 e. The van der Waals surface area contributed by atoms with E-state index in [2.05, 4.69) is 32.7 Å². The van der Waals surface area contributed by atoms with Gasteiger partial charge in [0.05, 0.1) is 12.7 Å². The highest BCUT2D eigenvalue weighted by molar-refractivity contribution is 9.10. The summed E-state index contributed by atoms with van der Waals surface area (Å²) in [6.45, 7) is 2.94. The predicted octanol–water partition coefficient (Wildman–Crippen LogP) is 4.71. The maximum absolute atomic E-state index is 13.7. The van der Waals surface area contributed by atoms with Gasteiger partial charge in [-0.15, -0.1) is 11.3 Å². The lowest BCUT2D eigenvalue weighted by Crippen LogP contribution is -2.35. The Morgan fingerprint density at radius 2 is 2.29 bits per heavy atom. The van der Waals surface area contributed by atoms with Crippen molar-refractivity contribution in [2.24, 2.45) is 10.9 Å². The first kappa shape index (κ1) is 19.3. The van der Waals surface area contributed by atoms with Crippen LogP contribution in [-0.4, -0.2) is 35.3 Å². The molecule has 0 spiro atoms. The number of halogens is 2. The molecule has 1 saturated heterocycles. The predicted molar refractivity (Wildman–Crippen MR) is 110 cm³/mol. The van der Waals surface area contributed by atoms with E-state index in [0.717, 1.165) is 41.5 Å². The Hall–Kier alpha value is -2.06. The Kier molecular flexibility index (Phi) is 5.33. The van der Waals surface area contributed by atoms with E-state index in [1.165, 1.54) is 30.6 Å². The molecule has 3 heterocycles. The molecular formula is C20H19BrFN3O2S. The number of carbonyl (C=O) groups is 1. The molecule has 0 bridgehead atoms. The van der Waals surface area contributed by atoms with Crippen LogP contribution in [0.3, 0.4) is 0 Å². The molecule has 1 aromatic heterocycles. The van der Waals surface area contributed by atoms with Gasteiger partial charge in [0.1, 0.15) is 11.9 Å². The summed E-state index contributed by atoms with van der Waals surface area (Å²) in [5.41, 5.74) is 2.18. The Labute approximate surface area is 175 Å². The summed E-state index contributed by atoms with van der Waals surface area (Å²) in [6, 6.07) is 3.86. The van der Waals surface area contributed by atoms with Gasteiger partial charge in [-0.3, -0.25) is 4.99 Å². The van der Waals surface area contributed by atoms with Gasteiger partial charge >= 0.3 is 5.97 Å². The molecular weight excluding hydrogens is 445 g/mol. The molecule has 28 heavy (non-hydrogen) atoms. The number of aliphatic imine (C=N–C) groups is 1.